The summed E-state index contributed by atoms with van der Waals surface area (Å²) in [6.07, 6.45) is 9.62. The largest absolute Gasteiger partial charge is 0.467 e. The number of likely N-dealkylation sites (N-methyl/N-ethyl adjacent to an activating group) is 1. The lowest BCUT2D eigenvalue weighted by atomic mass is 10.1. The van der Waals surface area contributed by atoms with Crippen LogP contribution in [0.15, 0.2) is 47.3 Å². The number of likely N-dealkylation sites (tertiary alicyclic amines) is 1. The number of carbonyl (C=O) groups is 1. The second-order valence-corrected chi connectivity index (χ2v) is 6.50. The van der Waals surface area contributed by atoms with Gasteiger partial charge in [0.15, 0.2) is 0 Å². The molecule has 1 aliphatic heterocycles. The highest BCUT2D eigenvalue weighted by Gasteiger charge is 2.28. The van der Waals surface area contributed by atoms with E-state index < -0.39 is 0 Å². The Morgan fingerprint density at radius 2 is 2.12 bits per heavy atom. The van der Waals surface area contributed by atoms with Crippen LogP contribution in [-0.2, 0) is 11.3 Å². The maximum Gasteiger partial charge on any atom is 0.237 e. The molecule has 24 heavy (non-hydrogen) atoms. The standard InChI is InChI=1S/C19H25N3O2/c1-21(14-16-8-10-20-11-9-16)15-19(23)22-12-4-2-3-6-17(22)18-7-5-13-24-18/h5,7-11,13,17H,2-4,6,12,14-15H2,1H3/t17-/m1/s1. The summed E-state index contributed by atoms with van der Waals surface area (Å²) in [6.45, 7) is 1.97. The van der Waals surface area contributed by atoms with Crippen LogP contribution in [0.4, 0.5) is 0 Å². The predicted octanol–water partition coefficient (Wildman–Crippen LogP) is 3.25. The van der Waals surface area contributed by atoms with Gasteiger partial charge in [0.05, 0.1) is 18.8 Å². The molecule has 2 aromatic rings. The Bertz CT molecular complexity index is 627. The van der Waals surface area contributed by atoms with Crippen LogP contribution < -0.4 is 0 Å². The topological polar surface area (TPSA) is 49.6 Å². The summed E-state index contributed by atoms with van der Waals surface area (Å²) in [5, 5.41) is 0. The lowest BCUT2D eigenvalue weighted by Gasteiger charge is -2.30. The van der Waals surface area contributed by atoms with Crippen LogP contribution in [0.1, 0.15) is 43.0 Å². The van der Waals surface area contributed by atoms with Crippen molar-refractivity contribution in [1.29, 1.82) is 0 Å². The van der Waals surface area contributed by atoms with Crippen LogP contribution in [0, 0.1) is 0 Å². The van der Waals surface area contributed by atoms with Gasteiger partial charge in [0, 0.05) is 25.5 Å². The minimum atomic E-state index is 0.0734. The lowest BCUT2D eigenvalue weighted by molar-refractivity contribution is -0.135. The minimum absolute atomic E-state index is 0.0734. The summed E-state index contributed by atoms with van der Waals surface area (Å²) >= 11 is 0. The molecule has 2 aromatic heterocycles. The first-order valence-corrected chi connectivity index (χ1v) is 8.64. The van der Waals surface area contributed by atoms with Gasteiger partial charge in [0.1, 0.15) is 5.76 Å². The van der Waals surface area contributed by atoms with Crippen molar-refractivity contribution in [2.24, 2.45) is 0 Å². The molecule has 3 heterocycles. The van der Waals surface area contributed by atoms with Gasteiger partial charge < -0.3 is 9.32 Å². The van der Waals surface area contributed by atoms with Gasteiger partial charge >= 0.3 is 0 Å². The summed E-state index contributed by atoms with van der Waals surface area (Å²) in [4.78, 5) is 21.0. The normalized spacial score (nSPS) is 18.6. The number of nitrogens with zero attached hydrogens (tertiary/aromatic N) is 3. The molecule has 5 heteroatoms. The number of hydrogen-bond donors (Lipinski definition) is 0. The molecular weight excluding hydrogens is 302 g/mol. The highest BCUT2D eigenvalue weighted by atomic mass is 16.3. The Labute approximate surface area is 143 Å². The first-order valence-electron chi connectivity index (χ1n) is 8.64. The number of carbonyl (C=O) groups excluding carboxylic acids is 1. The summed E-state index contributed by atoms with van der Waals surface area (Å²) in [6, 6.07) is 7.93. The molecule has 1 amide bonds. The van der Waals surface area contributed by atoms with Gasteiger partial charge in [-0.3, -0.25) is 14.7 Å². The van der Waals surface area contributed by atoms with Gasteiger partial charge in [-0.05, 0) is 49.7 Å². The molecule has 0 spiro atoms. The average Bonchev–Trinajstić information content (AvgIpc) is 2.99. The summed E-state index contributed by atoms with van der Waals surface area (Å²) in [5.74, 6) is 1.08. The van der Waals surface area contributed by atoms with Crippen LogP contribution >= 0.6 is 0 Å². The monoisotopic (exact) mass is 327 g/mol. The van der Waals surface area contributed by atoms with Crippen LogP contribution in [0.25, 0.3) is 0 Å². The van der Waals surface area contributed by atoms with Gasteiger partial charge in [-0.2, -0.15) is 0 Å². The Balaban J connectivity index is 1.65. The second kappa shape index (κ2) is 8.11. The van der Waals surface area contributed by atoms with Gasteiger partial charge in [0.25, 0.3) is 0 Å². The van der Waals surface area contributed by atoms with E-state index in [4.69, 9.17) is 4.42 Å². The molecule has 0 saturated carbocycles. The van der Waals surface area contributed by atoms with Crippen LogP contribution in [-0.4, -0.2) is 40.8 Å². The molecule has 0 aliphatic carbocycles. The van der Waals surface area contributed by atoms with Crippen molar-refractivity contribution in [1.82, 2.24) is 14.8 Å². The van der Waals surface area contributed by atoms with Crippen molar-refractivity contribution in [3.05, 3.63) is 54.2 Å². The molecule has 0 bridgehead atoms. The number of pyridine rings is 1. The van der Waals surface area contributed by atoms with E-state index in [1.165, 1.54) is 12.0 Å². The Hall–Kier alpha value is -2.14. The zero-order valence-electron chi connectivity index (χ0n) is 14.2. The van der Waals surface area contributed by atoms with Crippen molar-refractivity contribution in [3.8, 4) is 0 Å². The lowest BCUT2D eigenvalue weighted by Crippen LogP contribution is -2.40. The first kappa shape index (κ1) is 16.7. The fraction of sp³-hybridized carbons (Fsp3) is 0.474. The Morgan fingerprint density at radius 3 is 2.88 bits per heavy atom. The van der Waals surface area contributed by atoms with E-state index in [0.29, 0.717) is 6.54 Å². The van der Waals surface area contributed by atoms with Crippen molar-refractivity contribution in [2.75, 3.05) is 20.1 Å². The fourth-order valence-corrected chi connectivity index (χ4v) is 3.36. The highest BCUT2D eigenvalue weighted by Crippen LogP contribution is 2.30. The van der Waals surface area contributed by atoms with E-state index >= 15 is 0 Å². The van der Waals surface area contributed by atoms with Crippen LogP contribution in [0.5, 0.6) is 0 Å². The van der Waals surface area contributed by atoms with Gasteiger partial charge in [-0.1, -0.05) is 12.8 Å². The number of hydrogen-bond acceptors (Lipinski definition) is 4. The van der Waals surface area contributed by atoms with Crippen molar-refractivity contribution >= 4 is 5.91 Å². The molecule has 128 valence electrons. The fourth-order valence-electron chi connectivity index (χ4n) is 3.36. The van der Waals surface area contributed by atoms with E-state index in [9.17, 15) is 4.79 Å². The quantitative estimate of drug-likeness (QED) is 0.846. The van der Waals surface area contributed by atoms with E-state index in [0.717, 1.165) is 38.1 Å². The molecule has 0 N–H and O–H groups in total. The molecule has 1 fully saturated rings. The summed E-state index contributed by atoms with van der Waals surface area (Å²) in [7, 11) is 1.98. The summed E-state index contributed by atoms with van der Waals surface area (Å²) in [5.41, 5.74) is 1.17. The molecule has 1 saturated heterocycles. The molecule has 5 nitrogen and oxygen atoms in total. The van der Waals surface area contributed by atoms with Crippen molar-refractivity contribution in [2.45, 2.75) is 38.3 Å². The predicted molar refractivity (Wildman–Crippen MR) is 92.2 cm³/mol. The molecule has 3 rings (SSSR count). The molecule has 0 aromatic carbocycles. The van der Waals surface area contributed by atoms with Gasteiger partial charge in [0.2, 0.25) is 5.91 Å². The number of aromatic nitrogens is 1. The molecule has 0 unspecified atom stereocenters. The number of rotatable bonds is 5. The third-order valence-corrected chi connectivity index (χ3v) is 4.55. The van der Waals surface area contributed by atoms with E-state index in [1.807, 2.05) is 36.2 Å². The molecular formula is C19H25N3O2. The van der Waals surface area contributed by atoms with Crippen molar-refractivity contribution < 1.29 is 9.21 Å². The van der Waals surface area contributed by atoms with E-state index in [2.05, 4.69) is 9.88 Å². The number of amides is 1. The Kier molecular flexibility index (Phi) is 5.64. The summed E-state index contributed by atoms with van der Waals surface area (Å²) < 4.78 is 5.60. The van der Waals surface area contributed by atoms with Crippen LogP contribution in [0.2, 0.25) is 0 Å². The smallest absolute Gasteiger partial charge is 0.237 e. The van der Waals surface area contributed by atoms with Gasteiger partial charge in [-0.15, -0.1) is 0 Å². The molecule has 0 radical (unpaired) electrons. The Morgan fingerprint density at radius 1 is 1.29 bits per heavy atom. The zero-order valence-corrected chi connectivity index (χ0v) is 14.2. The van der Waals surface area contributed by atoms with Gasteiger partial charge in [-0.25, -0.2) is 0 Å². The van der Waals surface area contributed by atoms with Crippen molar-refractivity contribution in [3.63, 3.8) is 0 Å². The average molecular weight is 327 g/mol. The SMILES string of the molecule is CN(CC(=O)N1CCCCC[C@@H]1c1ccco1)Cc1ccncc1. The number of furan rings is 1. The first-order chi connectivity index (χ1) is 11.7. The molecule has 1 atom stereocenters. The van der Waals surface area contributed by atoms with Crippen LogP contribution in [0.3, 0.4) is 0 Å². The second-order valence-electron chi connectivity index (χ2n) is 6.50. The maximum atomic E-state index is 12.9. The third-order valence-electron chi connectivity index (χ3n) is 4.55. The highest BCUT2D eigenvalue weighted by molar-refractivity contribution is 5.78. The zero-order chi connectivity index (χ0) is 16.8. The third kappa shape index (κ3) is 4.23. The minimum Gasteiger partial charge on any atom is -0.467 e. The van der Waals surface area contributed by atoms with E-state index in [1.54, 1.807) is 18.7 Å². The van der Waals surface area contributed by atoms with E-state index in [-0.39, 0.29) is 11.9 Å². The molecule has 1 aliphatic rings. The maximum absolute atomic E-state index is 12.9.